The molecule has 1 aliphatic heterocycles. The van der Waals surface area contributed by atoms with Gasteiger partial charge in [-0.15, -0.1) is 0 Å². The summed E-state index contributed by atoms with van der Waals surface area (Å²) in [4.78, 5) is 26.2. The van der Waals surface area contributed by atoms with Crippen LogP contribution in [0.1, 0.15) is 19.3 Å². The summed E-state index contributed by atoms with van der Waals surface area (Å²) in [6.45, 7) is 2.78. The fraction of sp³-hybridized carbons (Fsp3) is 0.667. The number of ether oxygens (including phenoxy) is 1. The van der Waals surface area contributed by atoms with Gasteiger partial charge in [-0.2, -0.15) is 5.10 Å². The van der Waals surface area contributed by atoms with E-state index in [9.17, 15) is 9.59 Å². The predicted molar refractivity (Wildman–Crippen MR) is 91.6 cm³/mol. The molecule has 23 heavy (non-hydrogen) atoms. The van der Waals surface area contributed by atoms with E-state index in [1.54, 1.807) is 20.4 Å². The highest BCUT2D eigenvalue weighted by Crippen LogP contribution is 2.27. The molecule has 0 aromatic carbocycles. The molecule has 0 spiro atoms. The average molecular weight is 387 g/mol. The van der Waals surface area contributed by atoms with Crippen LogP contribution >= 0.6 is 15.9 Å². The number of hydrogen-bond acceptors (Lipinski definition) is 5. The molecule has 1 N–H and O–H groups in total. The summed E-state index contributed by atoms with van der Waals surface area (Å²) in [5.74, 6) is 0.147. The third-order valence-electron chi connectivity index (χ3n) is 4.09. The number of methoxy groups -OCH3 is 1. The average Bonchev–Trinajstić information content (AvgIpc) is 2.57. The molecule has 1 fully saturated rings. The van der Waals surface area contributed by atoms with Crippen molar-refractivity contribution in [3.8, 4) is 0 Å². The molecule has 0 unspecified atom stereocenters. The zero-order valence-electron chi connectivity index (χ0n) is 13.5. The molecule has 7 nitrogen and oxygen atoms in total. The molecular weight excluding hydrogens is 364 g/mol. The lowest BCUT2D eigenvalue weighted by molar-refractivity contribution is -0.125. The van der Waals surface area contributed by atoms with Gasteiger partial charge in [-0.3, -0.25) is 9.59 Å². The summed E-state index contributed by atoms with van der Waals surface area (Å²) in [6.07, 6.45) is 4.07. The Kier molecular flexibility index (Phi) is 6.59. The van der Waals surface area contributed by atoms with Gasteiger partial charge in [-0.05, 0) is 35.2 Å². The van der Waals surface area contributed by atoms with Gasteiger partial charge in [0.15, 0.2) is 0 Å². The fourth-order valence-electron chi connectivity index (χ4n) is 2.68. The zero-order valence-corrected chi connectivity index (χ0v) is 15.1. The van der Waals surface area contributed by atoms with Crippen molar-refractivity contribution in [3.63, 3.8) is 0 Å². The van der Waals surface area contributed by atoms with Crippen molar-refractivity contribution < 1.29 is 9.53 Å². The summed E-state index contributed by atoms with van der Waals surface area (Å²) in [6, 6.07) is 0. The Morgan fingerprint density at radius 1 is 1.48 bits per heavy atom. The molecule has 1 aromatic heterocycles. The van der Waals surface area contributed by atoms with Crippen LogP contribution in [-0.4, -0.2) is 49.0 Å². The maximum absolute atomic E-state index is 12.1. The van der Waals surface area contributed by atoms with Gasteiger partial charge in [0, 0.05) is 46.3 Å². The molecule has 0 aliphatic carbocycles. The van der Waals surface area contributed by atoms with E-state index in [2.05, 4.69) is 31.2 Å². The lowest BCUT2D eigenvalue weighted by atomic mass is 9.95. The molecular formula is C15H23BrN4O3. The van der Waals surface area contributed by atoms with E-state index in [-0.39, 0.29) is 17.4 Å². The number of hydrogen-bond donors (Lipinski definition) is 1. The van der Waals surface area contributed by atoms with Gasteiger partial charge < -0.3 is 15.0 Å². The van der Waals surface area contributed by atoms with Crippen LogP contribution in [0.3, 0.4) is 0 Å². The second kappa shape index (κ2) is 8.44. The van der Waals surface area contributed by atoms with E-state index < -0.39 is 0 Å². The summed E-state index contributed by atoms with van der Waals surface area (Å²) < 4.78 is 6.79. The minimum atomic E-state index is -0.152. The highest BCUT2D eigenvalue weighted by molar-refractivity contribution is 9.10. The highest BCUT2D eigenvalue weighted by Gasteiger charge is 2.26. The number of amides is 1. The number of carbonyl (C=O) groups excluding carboxylic acids is 1. The predicted octanol–water partition coefficient (Wildman–Crippen LogP) is 0.912. The molecule has 1 saturated heterocycles. The Morgan fingerprint density at radius 3 is 2.83 bits per heavy atom. The maximum atomic E-state index is 12.1. The Bertz CT molecular complexity index is 597. The number of nitrogens with zero attached hydrogens (tertiary/aromatic N) is 3. The molecule has 128 valence electrons. The van der Waals surface area contributed by atoms with Crippen molar-refractivity contribution in [3.05, 3.63) is 21.0 Å². The Morgan fingerprint density at radius 2 is 2.17 bits per heavy atom. The molecule has 0 atom stereocenters. The van der Waals surface area contributed by atoms with E-state index >= 15 is 0 Å². The zero-order chi connectivity index (χ0) is 16.8. The first-order valence-corrected chi connectivity index (χ1v) is 8.57. The van der Waals surface area contributed by atoms with E-state index in [4.69, 9.17) is 4.74 Å². The summed E-state index contributed by atoms with van der Waals surface area (Å²) in [5.41, 5.74) is 0.646. The van der Waals surface area contributed by atoms with Gasteiger partial charge in [0.2, 0.25) is 5.91 Å². The van der Waals surface area contributed by atoms with Crippen LogP contribution in [0.5, 0.6) is 0 Å². The van der Waals surface area contributed by atoms with Crippen LogP contribution in [0.2, 0.25) is 0 Å². The first-order valence-electron chi connectivity index (χ1n) is 7.78. The minimum absolute atomic E-state index is 0.0343. The number of piperidine rings is 1. The van der Waals surface area contributed by atoms with E-state index in [0.29, 0.717) is 17.6 Å². The second-order valence-corrected chi connectivity index (χ2v) is 6.46. The van der Waals surface area contributed by atoms with Gasteiger partial charge in [0.1, 0.15) is 4.47 Å². The van der Waals surface area contributed by atoms with Crippen molar-refractivity contribution >= 4 is 27.5 Å². The van der Waals surface area contributed by atoms with Crippen molar-refractivity contribution in [2.75, 3.05) is 38.3 Å². The molecule has 2 rings (SSSR count). The summed E-state index contributed by atoms with van der Waals surface area (Å²) in [5, 5.41) is 7.03. The Balaban J connectivity index is 1.88. The second-order valence-electron chi connectivity index (χ2n) is 5.67. The van der Waals surface area contributed by atoms with Crippen LogP contribution in [0.25, 0.3) is 0 Å². The van der Waals surface area contributed by atoms with E-state index in [0.717, 1.165) is 38.0 Å². The summed E-state index contributed by atoms with van der Waals surface area (Å²) >= 11 is 3.35. The van der Waals surface area contributed by atoms with Crippen LogP contribution < -0.4 is 15.8 Å². The van der Waals surface area contributed by atoms with Crippen LogP contribution in [-0.2, 0) is 16.6 Å². The van der Waals surface area contributed by atoms with Crippen molar-refractivity contribution in [2.24, 2.45) is 13.0 Å². The fourth-order valence-corrected chi connectivity index (χ4v) is 3.29. The minimum Gasteiger partial charge on any atom is -0.385 e. The van der Waals surface area contributed by atoms with Gasteiger partial charge in [0.25, 0.3) is 5.56 Å². The number of nitrogens with one attached hydrogen (secondary N) is 1. The SMILES string of the molecule is COCCCNC(=O)C1CCN(c2cnn(C)c(=O)c2Br)CC1. The lowest BCUT2D eigenvalue weighted by Gasteiger charge is -2.33. The molecule has 1 aromatic rings. The topological polar surface area (TPSA) is 76.5 Å². The molecule has 0 radical (unpaired) electrons. The van der Waals surface area contributed by atoms with Crippen molar-refractivity contribution in [1.29, 1.82) is 0 Å². The molecule has 2 heterocycles. The number of aryl methyl sites for hydroxylation is 1. The summed E-state index contributed by atoms with van der Waals surface area (Å²) in [7, 11) is 3.28. The first kappa shape index (κ1) is 17.9. The van der Waals surface area contributed by atoms with E-state index in [1.807, 2.05) is 0 Å². The number of rotatable bonds is 6. The molecule has 0 bridgehead atoms. The largest absolute Gasteiger partial charge is 0.385 e. The monoisotopic (exact) mass is 386 g/mol. The molecule has 8 heteroatoms. The molecule has 1 amide bonds. The van der Waals surface area contributed by atoms with Crippen molar-refractivity contribution in [1.82, 2.24) is 15.1 Å². The number of carbonyl (C=O) groups is 1. The normalized spacial score (nSPS) is 15.7. The first-order chi connectivity index (χ1) is 11.0. The number of halogens is 1. The Hall–Kier alpha value is -1.41. The van der Waals surface area contributed by atoms with Gasteiger partial charge >= 0.3 is 0 Å². The molecule has 0 saturated carbocycles. The van der Waals surface area contributed by atoms with Crippen LogP contribution in [0.4, 0.5) is 5.69 Å². The quantitative estimate of drug-likeness (QED) is 0.735. The number of anilines is 1. The van der Waals surface area contributed by atoms with Gasteiger partial charge in [-0.25, -0.2) is 4.68 Å². The van der Waals surface area contributed by atoms with E-state index in [1.165, 1.54) is 4.68 Å². The lowest BCUT2D eigenvalue weighted by Crippen LogP contribution is -2.41. The van der Waals surface area contributed by atoms with Crippen LogP contribution in [0, 0.1) is 5.92 Å². The third kappa shape index (κ3) is 4.54. The highest BCUT2D eigenvalue weighted by atomic mass is 79.9. The number of aromatic nitrogens is 2. The third-order valence-corrected chi connectivity index (χ3v) is 4.84. The van der Waals surface area contributed by atoms with Crippen LogP contribution in [0.15, 0.2) is 15.5 Å². The Labute approximate surface area is 144 Å². The van der Waals surface area contributed by atoms with Gasteiger partial charge in [-0.1, -0.05) is 0 Å². The van der Waals surface area contributed by atoms with Crippen molar-refractivity contribution in [2.45, 2.75) is 19.3 Å². The maximum Gasteiger partial charge on any atom is 0.282 e. The molecule has 1 aliphatic rings. The smallest absolute Gasteiger partial charge is 0.282 e. The van der Waals surface area contributed by atoms with Gasteiger partial charge in [0.05, 0.1) is 11.9 Å². The standard InChI is InChI=1S/C15H23BrN4O3/c1-19-15(22)13(16)12(10-18-19)20-7-4-11(5-8-20)14(21)17-6-3-9-23-2/h10-11H,3-9H2,1-2H3,(H,17,21).